The topological polar surface area (TPSA) is 87.4 Å². The number of hydrogen-bond acceptors (Lipinski definition) is 4. The van der Waals surface area contributed by atoms with Crippen LogP contribution in [0.3, 0.4) is 0 Å². The lowest BCUT2D eigenvalue weighted by molar-refractivity contribution is -0.111. The summed E-state index contributed by atoms with van der Waals surface area (Å²) in [5.41, 5.74) is 0. The Balaban J connectivity index is 2.56. The van der Waals surface area contributed by atoms with Crippen LogP contribution in [-0.4, -0.2) is 38.6 Å². The van der Waals surface area contributed by atoms with Gasteiger partial charge in [-0.1, -0.05) is 6.58 Å². The van der Waals surface area contributed by atoms with E-state index in [9.17, 15) is 4.79 Å². The van der Waals surface area contributed by atoms with E-state index >= 15 is 0 Å². The second-order valence-corrected chi connectivity index (χ2v) is 2.95. The summed E-state index contributed by atoms with van der Waals surface area (Å²) in [7, 11) is 0. The van der Waals surface area contributed by atoms with Gasteiger partial charge in [0, 0.05) is 12.3 Å². The molecule has 0 bridgehead atoms. The van der Waals surface area contributed by atoms with Crippen molar-refractivity contribution in [1.29, 1.82) is 0 Å². The first kappa shape index (κ1) is 11.4. The maximum atomic E-state index is 10.9. The summed E-state index contributed by atoms with van der Waals surface area (Å²) in [6, 6.07) is 1.59. The molecule has 0 saturated heterocycles. The average molecular weight is 211 g/mol. The SMILES string of the molecule is C=CC(=O)Nc1ccn(C[C@H](O)CO)n1. The van der Waals surface area contributed by atoms with Crippen LogP contribution in [0.5, 0.6) is 0 Å². The van der Waals surface area contributed by atoms with Crippen LogP contribution in [0.25, 0.3) is 0 Å². The number of nitrogens with zero attached hydrogens (tertiary/aromatic N) is 2. The van der Waals surface area contributed by atoms with Crippen molar-refractivity contribution in [3.05, 3.63) is 24.9 Å². The molecule has 1 amide bonds. The van der Waals surface area contributed by atoms with Gasteiger partial charge in [-0.15, -0.1) is 0 Å². The highest BCUT2D eigenvalue weighted by atomic mass is 16.3. The van der Waals surface area contributed by atoms with Gasteiger partial charge >= 0.3 is 0 Å². The van der Waals surface area contributed by atoms with Gasteiger partial charge in [0.05, 0.1) is 19.3 Å². The van der Waals surface area contributed by atoms with E-state index in [-0.39, 0.29) is 19.1 Å². The molecule has 1 rings (SSSR count). The Hall–Kier alpha value is -1.66. The van der Waals surface area contributed by atoms with Crippen LogP contribution in [0, 0.1) is 0 Å². The van der Waals surface area contributed by atoms with Crippen molar-refractivity contribution >= 4 is 11.7 Å². The lowest BCUT2D eigenvalue weighted by atomic mass is 10.4. The zero-order valence-electron chi connectivity index (χ0n) is 8.13. The highest BCUT2D eigenvalue weighted by Gasteiger charge is 2.05. The van der Waals surface area contributed by atoms with Crippen LogP contribution in [0.2, 0.25) is 0 Å². The van der Waals surface area contributed by atoms with Gasteiger partial charge < -0.3 is 15.5 Å². The minimum atomic E-state index is -0.854. The van der Waals surface area contributed by atoms with Crippen molar-refractivity contribution in [2.24, 2.45) is 0 Å². The number of rotatable bonds is 5. The van der Waals surface area contributed by atoms with Gasteiger partial charge in [-0.05, 0) is 6.08 Å². The molecular formula is C9H13N3O3. The highest BCUT2D eigenvalue weighted by Crippen LogP contribution is 2.02. The molecule has 1 atom stereocenters. The Morgan fingerprint density at radius 2 is 2.53 bits per heavy atom. The second-order valence-electron chi connectivity index (χ2n) is 2.95. The van der Waals surface area contributed by atoms with Crippen LogP contribution in [0.4, 0.5) is 5.82 Å². The molecule has 3 N–H and O–H groups in total. The molecule has 1 aromatic rings. The summed E-state index contributed by atoms with van der Waals surface area (Å²) in [6.07, 6.45) is 1.88. The predicted octanol–water partition coefficient (Wildman–Crippen LogP) is -0.639. The van der Waals surface area contributed by atoms with Crippen molar-refractivity contribution in [3.8, 4) is 0 Å². The Morgan fingerprint density at radius 3 is 3.13 bits per heavy atom. The van der Waals surface area contributed by atoms with E-state index in [1.165, 1.54) is 4.68 Å². The van der Waals surface area contributed by atoms with Crippen LogP contribution < -0.4 is 5.32 Å². The van der Waals surface area contributed by atoms with E-state index in [2.05, 4.69) is 17.0 Å². The molecule has 6 heteroatoms. The average Bonchev–Trinajstić information content (AvgIpc) is 2.65. The van der Waals surface area contributed by atoms with Crippen LogP contribution >= 0.6 is 0 Å². The number of aliphatic hydroxyl groups is 2. The molecule has 0 aromatic carbocycles. The lowest BCUT2D eigenvalue weighted by Gasteiger charge is -2.06. The van der Waals surface area contributed by atoms with Crippen molar-refractivity contribution in [1.82, 2.24) is 9.78 Å². The largest absolute Gasteiger partial charge is 0.394 e. The molecule has 0 aliphatic heterocycles. The van der Waals surface area contributed by atoms with Gasteiger partial charge in [0.1, 0.15) is 0 Å². The van der Waals surface area contributed by atoms with Gasteiger partial charge in [0.25, 0.3) is 0 Å². The molecule has 0 fully saturated rings. The van der Waals surface area contributed by atoms with E-state index in [1.54, 1.807) is 12.3 Å². The van der Waals surface area contributed by atoms with Crippen LogP contribution in [0.15, 0.2) is 24.9 Å². The fourth-order valence-electron chi connectivity index (χ4n) is 0.981. The normalized spacial score (nSPS) is 12.1. The number of hydrogen-bond donors (Lipinski definition) is 3. The number of amides is 1. The van der Waals surface area contributed by atoms with Gasteiger partial charge in [-0.2, -0.15) is 5.10 Å². The van der Waals surface area contributed by atoms with Gasteiger partial charge in [-0.25, -0.2) is 0 Å². The van der Waals surface area contributed by atoms with Crippen LogP contribution in [0.1, 0.15) is 0 Å². The first-order valence-corrected chi connectivity index (χ1v) is 4.41. The number of aromatic nitrogens is 2. The Labute approximate surface area is 86.8 Å². The van der Waals surface area contributed by atoms with Crippen molar-refractivity contribution in [2.45, 2.75) is 12.6 Å². The summed E-state index contributed by atoms with van der Waals surface area (Å²) < 4.78 is 1.43. The predicted molar refractivity (Wildman–Crippen MR) is 54.1 cm³/mol. The minimum Gasteiger partial charge on any atom is -0.394 e. The maximum absolute atomic E-state index is 10.9. The van der Waals surface area contributed by atoms with Crippen molar-refractivity contribution in [2.75, 3.05) is 11.9 Å². The number of carbonyl (C=O) groups excluding carboxylic acids is 1. The zero-order chi connectivity index (χ0) is 11.3. The molecule has 82 valence electrons. The zero-order valence-corrected chi connectivity index (χ0v) is 8.13. The summed E-state index contributed by atoms with van der Waals surface area (Å²) >= 11 is 0. The third-order valence-electron chi connectivity index (χ3n) is 1.69. The molecule has 0 unspecified atom stereocenters. The third-order valence-corrected chi connectivity index (χ3v) is 1.69. The minimum absolute atomic E-state index is 0.181. The molecule has 0 aliphatic rings. The molecule has 6 nitrogen and oxygen atoms in total. The smallest absolute Gasteiger partial charge is 0.248 e. The van der Waals surface area contributed by atoms with Gasteiger partial charge in [0.2, 0.25) is 5.91 Å². The Kier molecular flexibility index (Phi) is 4.02. The van der Waals surface area contributed by atoms with Crippen LogP contribution in [-0.2, 0) is 11.3 Å². The monoisotopic (exact) mass is 211 g/mol. The molecule has 0 radical (unpaired) electrons. The number of carbonyl (C=O) groups is 1. The molecule has 15 heavy (non-hydrogen) atoms. The Bertz CT molecular complexity index is 348. The number of nitrogens with one attached hydrogen (secondary N) is 1. The first-order chi connectivity index (χ1) is 7.15. The third kappa shape index (κ3) is 3.53. The second kappa shape index (κ2) is 5.28. The summed E-state index contributed by atoms with van der Waals surface area (Å²) in [4.78, 5) is 10.9. The Morgan fingerprint density at radius 1 is 1.80 bits per heavy atom. The van der Waals surface area contributed by atoms with E-state index in [4.69, 9.17) is 10.2 Å². The molecular weight excluding hydrogens is 198 g/mol. The van der Waals surface area contributed by atoms with Gasteiger partial charge in [-0.3, -0.25) is 9.48 Å². The standard InChI is InChI=1S/C9H13N3O3/c1-2-9(15)10-8-3-4-12(11-8)5-7(14)6-13/h2-4,7,13-14H,1,5-6H2,(H,10,11,15)/t7-/m0/s1. The van der Waals surface area contributed by atoms with Crippen molar-refractivity contribution < 1.29 is 15.0 Å². The molecule has 1 aromatic heterocycles. The van der Waals surface area contributed by atoms with Gasteiger partial charge in [0.15, 0.2) is 5.82 Å². The van der Waals surface area contributed by atoms with E-state index < -0.39 is 6.10 Å². The number of aliphatic hydroxyl groups excluding tert-OH is 2. The fraction of sp³-hybridized carbons (Fsp3) is 0.333. The van der Waals surface area contributed by atoms with E-state index in [0.717, 1.165) is 6.08 Å². The summed E-state index contributed by atoms with van der Waals surface area (Å²) in [6.45, 7) is 3.16. The molecule has 1 heterocycles. The quantitative estimate of drug-likeness (QED) is 0.565. The maximum Gasteiger partial charge on any atom is 0.248 e. The molecule has 0 saturated carbocycles. The van der Waals surface area contributed by atoms with E-state index in [0.29, 0.717) is 5.82 Å². The van der Waals surface area contributed by atoms with Crippen molar-refractivity contribution in [3.63, 3.8) is 0 Å². The molecule has 0 aliphatic carbocycles. The fourth-order valence-corrected chi connectivity index (χ4v) is 0.981. The highest BCUT2D eigenvalue weighted by molar-refractivity contribution is 5.98. The lowest BCUT2D eigenvalue weighted by Crippen LogP contribution is -2.20. The number of anilines is 1. The van der Waals surface area contributed by atoms with E-state index in [1.807, 2.05) is 0 Å². The molecule has 0 spiro atoms. The summed E-state index contributed by atoms with van der Waals surface area (Å²) in [5, 5.41) is 24.2. The summed E-state index contributed by atoms with van der Waals surface area (Å²) in [5.74, 6) is 0.0352. The first-order valence-electron chi connectivity index (χ1n) is 4.41.